The topological polar surface area (TPSA) is 52.9 Å². The fourth-order valence-corrected chi connectivity index (χ4v) is 4.85. The minimum atomic E-state index is -0.0500. The quantitative estimate of drug-likeness (QED) is 0.630. The van der Waals surface area contributed by atoms with Gasteiger partial charge in [-0.15, -0.1) is 0 Å². The van der Waals surface area contributed by atoms with Crippen LogP contribution in [-0.2, 0) is 4.79 Å². The molecule has 1 saturated heterocycles. The molecule has 1 N–H and O–H groups in total. The maximum atomic E-state index is 13.2. The highest BCUT2D eigenvalue weighted by molar-refractivity contribution is 8.18. The number of thioether (sulfide) groups is 1. The molecule has 0 atom stereocenters. The number of aliphatic imine (C=N–C) groups is 1. The number of hydrogen-bond donors (Lipinski definition) is 1. The van der Waals surface area contributed by atoms with Crippen molar-refractivity contribution in [2.45, 2.75) is 38.1 Å². The van der Waals surface area contributed by atoms with Crippen molar-refractivity contribution in [1.82, 2.24) is 4.90 Å². The van der Waals surface area contributed by atoms with Crippen molar-refractivity contribution >= 4 is 46.2 Å². The first-order chi connectivity index (χ1) is 13.6. The molecule has 1 amide bonds. The van der Waals surface area contributed by atoms with E-state index in [4.69, 9.17) is 16.6 Å². The third-order valence-electron chi connectivity index (χ3n) is 5.03. The van der Waals surface area contributed by atoms with Crippen LogP contribution in [0, 0.1) is 0 Å². The van der Waals surface area contributed by atoms with E-state index in [2.05, 4.69) is 0 Å². The van der Waals surface area contributed by atoms with Gasteiger partial charge in [-0.2, -0.15) is 0 Å². The predicted octanol–water partition coefficient (Wildman–Crippen LogP) is 5.98. The minimum absolute atomic E-state index is 0.0500. The van der Waals surface area contributed by atoms with Gasteiger partial charge in [0.25, 0.3) is 5.91 Å². The number of nitrogens with zero attached hydrogens (tertiary/aromatic N) is 2. The lowest BCUT2D eigenvalue weighted by Gasteiger charge is -2.30. The van der Waals surface area contributed by atoms with Gasteiger partial charge in [-0.1, -0.05) is 49.1 Å². The van der Waals surface area contributed by atoms with E-state index in [-0.39, 0.29) is 17.7 Å². The van der Waals surface area contributed by atoms with Crippen molar-refractivity contribution in [2.75, 3.05) is 0 Å². The van der Waals surface area contributed by atoms with Crippen molar-refractivity contribution in [1.29, 1.82) is 0 Å². The summed E-state index contributed by atoms with van der Waals surface area (Å²) in [6.45, 7) is 0. The number of carbonyl (C=O) groups excluding carboxylic acids is 1. The number of para-hydroxylation sites is 1. The standard InChI is InChI=1S/C22H21ClN2O2S/c23-16-11-12-19(26)15(13-16)14-20-21(27)25(18-9-5-2-6-10-18)22(28-20)24-17-7-3-1-4-8-17/h1,3-4,7-8,11-14,18,26H,2,5-6,9-10H2. The van der Waals surface area contributed by atoms with Gasteiger partial charge in [-0.3, -0.25) is 9.69 Å². The molecule has 1 aliphatic heterocycles. The Kier molecular flexibility index (Phi) is 5.74. The smallest absolute Gasteiger partial charge is 0.267 e. The largest absolute Gasteiger partial charge is 0.507 e. The van der Waals surface area contributed by atoms with Crippen molar-refractivity contribution in [3.05, 3.63) is 64.0 Å². The Bertz CT molecular complexity index is 937. The molecule has 1 heterocycles. The Balaban J connectivity index is 1.72. The molecule has 1 aliphatic carbocycles. The number of hydrogen-bond acceptors (Lipinski definition) is 4. The fourth-order valence-electron chi connectivity index (χ4n) is 3.62. The fraction of sp³-hybridized carbons (Fsp3) is 0.273. The number of phenolic OH excluding ortho intramolecular Hbond substituents is 1. The molecule has 0 unspecified atom stereocenters. The number of amides is 1. The summed E-state index contributed by atoms with van der Waals surface area (Å²) in [5, 5.41) is 11.4. The highest BCUT2D eigenvalue weighted by Crippen LogP contribution is 2.39. The van der Waals surface area contributed by atoms with Crippen molar-refractivity contribution in [3.63, 3.8) is 0 Å². The average molecular weight is 413 g/mol. The molecule has 4 rings (SSSR count). The van der Waals surface area contributed by atoms with Crippen molar-refractivity contribution in [3.8, 4) is 5.75 Å². The molecule has 144 valence electrons. The molecule has 2 fully saturated rings. The highest BCUT2D eigenvalue weighted by atomic mass is 35.5. The number of phenols is 1. The molecule has 6 heteroatoms. The predicted molar refractivity (Wildman–Crippen MR) is 116 cm³/mol. The van der Waals surface area contributed by atoms with E-state index in [0.717, 1.165) is 31.4 Å². The molecule has 2 aromatic rings. The number of aromatic hydroxyl groups is 1. The van der Waals surface area contributed by atoms with E-state index in [1.54, 1.807) is 18.2 Å². The van der Waals surface area contributed by atoms with Crippen LogP contribution in [0.15, 0.2) is 58.4 Å². The summed E-state index contributed by atoms with van der Waals surface area (Å²) in [6, 6.07) is 14.7. The summed E-state index contributed by atoms with van der Waals surface area (Å²) < 4.78 is 0. The normalized spacial score (nSPS) is 21.0. The first kappa shape index (κ1) is 19.1. The van der Waals surface area contributed by atoms with E-state index >= 15 is 0 Å². The highest BCUT2D eigenvalue weighted by Gasteiger charge is 2.38. The average Bonchev–Trinajstić information content (AvgIpc) is 3.01. The Labute approximate surface area is 173 Å². The zero-order chi connectivity index (χ0) is 19.5. The van der Waals surface area contributed by atoms with Crippen LogP contribution in [0.1, 0.15) is 37.7 Å². The maximum absolute atomic E-state index is 13.2. The van der Waals surface area contributed by atoms with Crippen LogP contribution in [0.4, 0.5) is 5.69 Å². The molecule has 1 saturated carbocycles. The van der Waals surface area contributed by atoms with Crippen LogP contribution in [0.25, 0.3) is 6.08 Å². The third kappa shape index (κ3) is 4.10. The first-order valence-electron chi connectivity index (χ1n) is 9.47. The summed E-state index contributed by atoms with van der Waals surface area (Å²) >= 11 is 7.42. The summed E-state index contributed by atoms with van der Waals surface area (Å²) in [6.07, 6.45) is 7.18. The van der Waals surface area contributed by atoms with Gasteiger partial charge in [0.1, 0.15) is 5.75 Å². The van der Waals surface area contributed by atoms with E-state index in [0.29, 0.717) is 20.7 Å². The van der Waals surface area contributed by atoms with E-state index in [9.17, 15) is 9.90 Å². The number of rotatable bonds is 3. The molecule has 0 aromatic heterocycles. The molecule has 28 heavy (non-hydrogen) atoms. The third-order valence-corrected chi connectivity index (χ3v) is 6.25. The summed E-state index contributed by atoms with van der Waals surface area (Å²) in [4.78, 5) is 20.4. The molecule has 0 radical (unpaired) electrons. The van der Waals surface area contributed by atoms with Crippen LogP contribution >= 0.6 is 23.4 Å². The van der Waals surface area contributed by atoms with E-state index in [1.165, 1.54) is 24.2 Å². The van der Waals surface area contributed by atoms with Crippen LogP contribution in [0.5, 0.6) is 5.75 Å². The summed E-state index contributed by atoms with van der Waals surface area (Å²) in [5.74, 6) is 0.0499. The molecule has 2 aliphatic rings. The lowest BCUT2D eigenvalue weighted by molar-refractivity contribution is -0.124. The Morgan fingerprint density at radius 3 is 2.61 bits per heavy atom. The van der Waals surface area contributed by atoms with Crippen LogP contribution in [0.2, 0.25) is 5.02 Å². The van der Waals surface area contributed by atoms with Crippen molar-refractivity contribution < 1.29 is 9.90 Å². The molecule has 0 spiro atoms. The second-order valence-corrected chi connectivity index (χ2v) is 8.46. The van der Waals surface area contributed by atoms with Gasteiger partial charge < -0.3 is 5.11 Å². The Hall–Kier alpha value is -2.24. The van der Waals surface area contributed by atoms with Gasteiger partial charge in [0.15, 0.2) is 5.17 Å². The van der Waals surface area contributed by atoms with Crippen LogP contribution in [0.3, 0.4) is 0 Å². The van der Waals surface area contributed by atoms with E-state index < -0.39 is 0 Å². The minimum Gasteiger partial charge on any atom is -0.507 e. The van der Waals surface area contributed by atoms with Gasteiger partial charge in [-0.05, 0) is 61.0 Å². The second kappa shape index (κ2) is 8.41. The Morgan fingerprint density at radius 1 is 1.11 bits per heavy atom. The molecular weight excluding hydrogens is 392 g/mol. The number of halogens is 1. The van der Waals surface area contributed by atoms with E-state index in [1.807, 2.05) is 35.2 Å². The molecule has 2 aromatic carbocycles. The van der Waals surface area contributed by atoms with Gasteiger partial charge in [-0.25, -0.2) is 4.99 Å². The second-order valence-electron chi connectivity index (χ2n) is 7.01. The molecular formula is C22H21ClN2O2S. The van der Waals surface area contributed by atoms with Crippen LogP contribution in [-0.4, -0.2) is 27.1 Å². The first-order valence-corrected chi connectivity index (χ1v) is 10.7. The SMILES string of the molecule is O=C1C(=Cc2cc(Cl)ccc2O)SC(=Nc2ccccc2)N1C1CCCCC1. The summed E-state index contributed by atoms with van der Waals surface area (Å²) in [7, 11) is 0. The zero-order valence-electron chi connectivity index (χ0n) is 15.3. The maximum Gasteiger partial charge on any atom is 0.267 e. The van der Waals surface area contributed by atoms with Gasteiger partial charge >= 0.3 is 0 Å². The number of carbonyl (C=O) groups is 1. The van der Waals surface area contributed by atoms with Crippen molar-refractivity contribution in [2.24, 2.45) is 4.99 Å². The van der Waals surface area contributed by atoms with Gasteiger partial charge in [0.2, 0.25) is 0 Å². The summed E-state index contributed by atoms with van der Waals surface area (Å²) in [5.41, 5.74) is 1.36. The van der Waals surface area contributed by atoms with Gasteiger partial charge in [0, 0.05) is 16.6 Å². The molecule has 0 bridgehead atoms. The number of benzene rings is 2. The van der Waals surface area contributed by atoms with Gasteiger partial charge in [0.05, 0.1) is 10.6 Å². The lowest BCUT2D eigenvalue weighted by Crippen LogP contribution is -2.40. The zero-order valence-corrected chi connectivity index (χ0v) is 16.9. The monoisotopic (exact) mass is 412 g/mol. The van der Waals surface area contributed by atoms with Crippen LogP contribution < -0.4 is 0 Å². The molecule has 4 nitrogen and oxygen atoms in total. The Morgan fingerprint density at radius 2 is 1.86 bits per heavy atom. The number of amidine groups is 1. The lowest BCUT2D eigenvalue weighted by atomic mass is 9.94.